The molecule has 1 heterocycles. The summed E-state index contributed by atoms with van der Waals surface area (Å²) in [6, 6.07) is 3.38. The van der Waals surface area contributed by atoms with Gasteiger partial charge in [-0.15, -0.1) is 0 Å². The van der Waals surface area contributed by atoms with Gasteiger partial charge in [0.05, 0.1) is 12.3 Å². The second-order valence-corrected chi connectivity index (χ2v) is 4.22. The fourth-order valence-electron chi connectivity index (χ4n) is 1.97. The van der Waals surface area contributed by atoms with E-state index in [1.807, 2.05) is 0 Å². The van der Waals surface area contributed by atoms with Crippen LogP contribution in [-0.2, 0) is 11.8 Å². The van der Waals surface area contributed by atoms with E-state index in [0.717, 1.165) is 12.1 Å². The number of nitrogens with zero attached hydrogens (tertiary/aromatic N) is 2. The molecule has 1 aromatic heterocycles. The Morgan fingerprint density at radius 2 is 2.16 bits per heavy atom. The zero-order valence-corrected chi connectivity index (χ0v) is 10.2. The molecule has 19 heavy (non-hydrogen) atoms. The number of carboxylic acid groups (broad SMARTS) is 1. The smallest absolute Gasteiger partial charge is 0.304 e. The van der Waals surface area contributed by atoms with Gasteiger partial charge in [-0.05, 0) is 17.7 Å². The molecule has 1 aromatic carbocycles. The zero-order valence-electron chi connectivity index (χ0n) is 10.2. The molecule has 0 bridgehead atoms. The molecule has 0 saturated carbocycles. The minimum Gasteiger partial charge on any atom is -0.481 e. The van der Waals surface area contributed by atoms with Crippen LogP contribution in [0.5, 0.6) is 0 Å². The number of aryl methyl sites for hydroxylation is 1. The molecule has 1 unspecified atom stereocenters. The van der Waals surface area contributed by atoms with Gasteiger partial charge >= 0.3 is 5.97 Å². The number of aromatic nitrogens is 2. The third kappa shape index (κ3) is 2.78. The summed E-state index contributed by atoms with van der Waals surface area (Å²) in [7, 11) is 1.72. The Bertz CT molecular complexity index is 610. The van der Waals surface area contributed by atoms with Crippen LogP contribution in [0.25, 0.3) is 0 Å². The van der Waals surface area contributed by atoms with Crippen molar-refractivity contribution in [2.75, 3.05) is 0 Å². The lowest BCUT2D eigenvalue weighted by Gasteiger charge is -2.15. The highest BCUT2D eigenvalue weighted by Crippen LogP contribution is 2.27. The van der Waals surface area contributed by atoms with Gasteiger partial charge in [0.15, 0.2) is 11.6 Å². The molecule has 1 N–H and O–H groups in total. The average molecular weight is 266 g/mol. The van der Waals surface area contributed by atoms with Crippen LogP contribution in [0, 0.1) is 11.6 Å². The molecule has 0 aliphatic rings. The molecule has 0 spiro atoms. The third-order valence-electron chi connectivity index (χ3n) is 2.89. The molecular formula is C13H12F2N2O2. The van der Waals surface area contributed by atoms with Crippen LogP contribution < -0.4 is 0 Å². The van der Waals surface area contributed by atoms with Crippen molar-refractivity contribution >= 4 is 5.97 Å². The van der Waals surface area contributed by atoms with E-state index in [4.69, 9.17) is 5.11 Å². The lowest BCUT2D eigenvalue weighted by atomic mass is 9.94. The van der Waals surface area contributed by atoms with E-state index in [1.165, 1.54) is 12.3 Å². The summed E-state index contributed by atoms with van der Waals surface area (Å²) >= 11 is 0. The summed E-state index contributed by atoms with van der Waals surface area (Å²) in [4.78, 5) is 15.0. The third-order valence-corrected chi connectivity index (χ3v) is 2.89. The van der Waals surface area contributed by atoms with E-state index in [-0.39, 0.29) is 6.42 Å². The number of hydrogen-bond donors (Lipinski definition) is 1. The molecule has 2 rings (SSSR count). The van der Waals surface area contributed by atoms with Gasteiger partial charge in [0.25, 0.3) is 0 Å². The Balaban J connectivity index is 2.45. The molecule has 0 saturated heterocycles. The summed E-state index contributed by atoms with van der Waals surface area (Å²) in [6.45, 7) is 0. The topological polar surface area (TPSA) is 55.1 Å². The first-order valence-corrected chi connectivity index (χ1v) is 5.63. The second kappa shape index (κ2) is 5.17. The predicted molar refractivity (Wildman–Crippen MR) is 63.7 cm³/mol. The van der Waals surface area contributed by atoms with Crippen LogP contribution in [0.4, 0.5) is 8.78 Å². The molecule has 0 amide bonds. The van der Waals surface area contributed by atoms with E-state index >= 15 is 0 Å². The molecule has 4 nitrogen and oxygen atoms in total. The van der Waals surface area contributed by atoms with Crippen molar-refractivity contribution in [2.24, 2.45) is 7.05 Å². The van der Waals surface area contributed by atoms with E-state index in [2.05, 4.69) is 4.98 Å². The molecule has 0 fully saturated rings. The maximum absolute atomic E-state index is 13.3. The highest BCUT2D eigenvalue weighted by Gasteiger charge is 2.22. The van der Waals surface area contributed by atoms with E-state index in [1.54, 1.807) is 17.8 Å². The number of carbonyl (C=O) groups is 1. The summed E-state index contributed by atoms with van der Waals surface area (Å²) in [6.07, 6.45) is 2.96. The minimum atomic E-state index is -1.03. The van der Waals surface area contributed by atoms with E-state index in [9.17, 15) is 13.6 Å². The van der Waals surface area contributed by atoms with Crippen LogP contribution in [0.1, 0.15) is 23.7 Å². The average Bonchev–Trinajstić information content (AvgIpc) is 2.76. The van der Waals surface area contributed by atoms with Gasteiger partial charge in [-0.1, -0.05) is 6.07 Å². The first kappa shape index (κ1) is 13.2. The Kier molecular flexibility index (Phi) is 3.59. The minimum absolute atomic E-state index is 0.240. The Labute approximate surface area is 108 Å². The van der Waals surface area contributed by atoms with Crippen molar-refractivity contribution in [3.63, 3.8) is 0 Å². The van der Waals surface area contributed by atoms with Crippen molar-refractivity contribution < 1.29 is 18.7 Å². The van der Waals surface area contributed by atoms with Crippen molar-refractivity contribution in [1.82, 2.24) is 9.55 Å². The van der Waals surface area contributed by atoms with Crippen LogP contribution in [-0.4, -0.2) is 20.6 Å². The second-order valence-electron chi connectivity index (χ2n) is 4.22. The monoisotopic (exact) mass is 266 g/mol. The van der Waals surface area contributed by atoms with Gasteiger partial charge in [-0.25, -0.2) is 13.8 Å². The Hall–Kier alpha value is -2.24. The van der Waals surface area contributed by atoms with Crippen LogP contribution in [0.3, 0.4) is 0 Å². The molecular weight excluding hydrogens is 254 g/mol. The van der Waals surface area contributed by atoms with Crippen molar-refractivity contribution in [3.8, 4) is 0 Å². The lowest BCUT2D eigenvalue weighted by Crippen LogP contribution is -2.13. The normalized spacial score (nSPS) is 12.4. The van der Waals surface area contributed by atoms with Crippen LogP contribution >= 0.6 is 0 Å². The highest BCUT2D eigenvalue weighted by atomic mass is 19.2. The summed E-state index contributed by atoms with van der Waals surface area (Å²) < 4.78 is 27.9. The maximum atomic E-state index is 13.3. The van der Waals surface area contributed by atoms with Crippen molar-refractivity contribution in [3.05, 3.63) is 53.6 Å². The fourth-order valence-corrected chi connectivity index (χ4v) is 1.97. The van der Waals surface area contributed by atoms with Gasteiger partial charge in [-0.2, -0.15) is 0 Å². The largest absolute Gasteiger partial charge is 0.481 e. The van der Waals surface area contributed by atoms with Crippen molar-refractivity contribution in [2.45, 2.75) is 12.3 Å². The standard InChI is InChI=1S/C13H12F2N2O2/c1-17-5-4-16-13(17)9(7-12(18)19)8-2-3-10(14)11(15)6-8/h2-6,9H,7H2,1H3,(H,18,19). The van der Waals surface area contributed by atoms with Crippen LogP contribution in [0.15, 0.2) is 30.6 Å². The van der Waals surface area contributed by atoms with Gasteiger partial charge in [0.1, 0.15) is 5.82 Å². The van der Waals surface area contributed by atoms with E-state index in [0.29, 0.717) is 11.4 Å². The molecule has 0 aliphatic carbocycles. The number of imidazole rings is 1. The fraction of sp³-hybridized carbons (Fsp3) is 0.231. The first-order valence-electron chi connectivity index (χ1n) is 5.63. The van der Waals surface area contributed by atoms with E-state index < -0.39 is 23.5 Å². The number of rotatable bonds is 4. The first-order chi connectivity index (χ1) is 8.99. The molecule has 6 heteroatoms. The number of aliphatic carboxylic acids is 1. The number of carboxylic acids is 1. The van der Waals surface area contributed by atoms with Gasteiger partial charge < -0.3 is 9.67 Å². The lowest BCUT2D eigenvalue weighted by molar-refractivity contribution is -0.137. The molecule has 2 aromatic rings. The van der Waals surface area contributed by atoms with Crippen LogP contribution in [0.2, 0.25) is 0 Å². The molecule has 100 valence electrons. The quantitative estimate of drug-likeness (QED) is 0.923. The van der Waals surface area contributed by atoms with Gasteiger partial charge in [0.2, 0.25) is 0 Å². The molecule has 0 radical (unpaired) electrons. The molecule has 1 atom stereocenters. The Morgan fingerprint density at radius 1 is 1.42 bits per heavy atom. The van der Waals surface area contributed by atoms with Gasteiger partial charge in [0, 0.05) is 19.4 Å². The van der Waals surface area contributed by atoms with Crippen molar-refractivity contribution in [1.29, 1.82) is 0 Å². The Morgan fingerprint density at radius 3 is 2.68 bits per heavy atom. The number of halogens is 2. The maximum Gasteiger partial charge on any atom is 0.304 e. The zero-order chi connectivity index (χ0) is 14.0. The number of hydrogen-bond acceptors (Lipinski definition) is 2. The summed E-state index contributed by atoms with van der Waals surface area (Å²) in [5.74, 6) is -3.11. The summed E-state index contributed by atoms with van der Waals surface area (Å²) in [5.41, 5.74) is 0.385. The van der Waals surface area contributed by atoms with Gasteiger partial charge in [-0.3, -0.25) is 4.79 Å². The highest BCUT2D eigenvalue weighted by molar-refractivity contribution is 5.68. The SMILES string of the molecule is Cn1ccnc1C(CC(=O)O)c1ccc(F)c(F)c1. The molecule has 0 aliphatic heterocycles. The number of benzene rings is 1. The summed E-state index contributed by atoms with van der Waals surface area (Å²) in [5, 5.41) is 8.95. The predicted octanol–water partition coefficient (Wildman–Crippen LogP) is 2.30.